The summed E-state index contributed by atoms with van der Waals surface area (Å²) >= 11 is 0. The molecule has 1 aromatic carbocycles. The van der Waals surface area contributed by atoms with Crippen LogP contribution in [0.25, 0.3) is 10.9 Å². The summed E-state index contributed by atoms with van der Waals surface area (Å²) in [5, 5.41) is 4.11. The van der Waals surface area contributed by atoms with Gasteiger partial charge >= 0.3 is 0 Å². The van der Waals surface area contributed by atoms with Gasteiger partial charge in [-0.2, -0.15) is 0 Å². The molecule has 122 valence electrons. The van der Waals surface area contributed by atoms with Crippen LogP contribution in [0.15, 0.2) is 30.3 Å². The summed E-state index contributed by atoms with van der Waals surface area (Å²) in [6.45, 7) is 4.57. The molecule has 2 aromatic rings. The molecule has 0 aliphatic carbocycles. The van der Waals surface area contributed by atoms with Gasteiger partial charge in [-0.3, -0.25) is 9.59 Å². The van der Waals surface area contributed by atoms with E-state index >= 15 is 0 Å². The number of hydrogen-bond donors (Lipinski definition) is 1. The summed E-state index contributed by atoms with van der Waals surface area (Å²) in [5.41, 5.74) is 2.17. The van der Waals surface area contributed by atoms with Crippen molar-refractivity contribution in [2.45, 2.75) is 32.7 Å². The van der Waals surface area contributed by atoms with Gasteiger partial charge in [-0.15, -0.1) is 0 Å². The van der Waals surface area contributed by atoms with Gasteiger partial charge in [0.25, 0.3) is 0 Å². The van der Waals surface area contributed by atoms with Crippen molar-refractivity contribution in [2.75, 3.05) is 19.6 Å². The second-order valence-electron chi connectivity index (χ2n) is 6.12. The Morgan fingerprint density at radius 3 is 2.91 bits per heavy atom. The Morgan fingerprint density at radius 1 is 1.30 bits per heavy atom. The number of rotatable bonds is 6. The smallest absolute Gasteiger partial charge is 0.239 e. The molecule has 23 heavy (non-hydrogen) atoms. The molecule has 0 spiro atoms. The largest absolute Gasteiger partial charge is 0.354 e. The molecule has 0 bridgehead atoms. The third-order valence-electron chi connectivity index (χ3n) is 4.42. The topological polar surface area (TPSA) is 54.3 Å². The maximum absolute atomic E-state index is 12.2. The third-order valence-corrected chi connectivity index (χ3v) is 4.42. The van der Waals surface area contributed by atoms with E-state index in [2.05, 4.69) is 17.4 Å². The van der Waals surface area contributed by atoms with Gasteiger partial charge < -0.3 is 14.8 Å². The minimum absolute atomic E-state index is 0.0159. The summed E-state index contributed by atoms with van der Waals surface area (Å²) in [5.74, 6) is 0.257. The molecule has 5 nitrogen and oxygen atoms in total. The van der Waals surface area contributed by atoms with Gasteiger partial charge in [0, 0.05) is 37.3 Å². The number of benzene rings is 1. The molecule has 1 aliphatic rings. The molecule has 1 N–H and O–H groups in total. The van der Waals surface area contributed by atoms with Gasteiger partial charge in [0.15, 0.2) is 0 Å². The van der Waals surface area contributed by atoms with Crippen LogP contribution < -0.4 is 5.32 Å². The Bertz CT molecular complexity index is 720. The van der Waals surface area contributed by atoms with E-state index in [0.29, 0.717) is 19.5 Å². The van der Waals surface area contributed by atoms with Gasteiger partial charge in [-0.1, -0.05) is 18.2 Å². The Labute approximate surface area is 136 Å². The Balaban J connectivity index is 1.49. The lowest BCUT2D eigenvalue weighted by Gasteiger charge is -2.15. The van der Waals surface area contributed by atoms with E-state index in [4.69, 9.17) is 0 Å². The monoisotopic (exact) mass is 313 g/mol. The maximum Gasteiger partial charge on any atom is 0.239 e. The first-order valence-corrected chi connectivity index (χ1v) is 8.24. The highest BCUT2D eigenvalue weighted by Gasteiger charge is 2.19. The van der Waals surface area contributed by atoms with Crippen LogP contribution >= 0.6 is 0 Å². The van der Waals surface area contributed by atoms with Crippen molar-refractivity contribution >= 4 is 22.7 Å². The van der Waals surface area contributed by atoms with Crippen LogP contribution in [0.4, 0.5) is 0 Å². The van der Waals surface area contributed by atoms with Crippen LogP contribution in [0.1, 0.15) is 25.0 Å². The van der Waals surface area contributed by atoms with E-state index in [0.717, 1.165) is 42.5 Å². The first-order valence-electron chi connectivity index (χ1n) is 8.24. The van der Waals surface area contributed by atoms with Crippen molar-refractivity contribution < 1.29 is 9.59 Å². The summed E-state index contributed by atoms with van der Waals surface area (Å²) in [7, 11) is 0. The van der Waals surface area contributed by atoms with Crippen molar-refractivity contribution in [3.8, 4) is 0 Å². The number of hydrogen-bond acceptors (Lipinski definition) is 2. The molecular formula is C18H23N3O2. The van der Waals surface area contributed by atoms with Gasteiger partial charge in [0.1, 0.15) is 6.54 Å². The highest BCUT2D eigenvalue weighted by atomic mass is 16.2. The lowest BCUT2D eigenvalue weighted by molar-refractivity contribution is -0.127. The minimum Gasteiger partial charge on any atom is -0.354 e. The molecular weight excluding hydrogens is 290 g/mol. The predicted molar refractivity (Wildman–Crippen MR) is 90.1 cm³/mol. The standard InChI is InChI=1S/C18H23N3O2/c1-14-12-15-6-2-3-7-16(15)21(14)13-17(22)19-9-5-11-20-10-4-8-18(20)23/h2-3,6-7,12H,4-5,8-11,13H2,1H3,(H,19,22). The third kappa shape index (κ3) is 3.55. The molecule has 0 saturated carbocycles. The van der Waals surface area contributed by atoms with Gasteiger partial charge in [-0.05, 0) is 37.3 Å². The van der Waals surface area contributed by atoms with Crippen molar-refractivity contribution in [3.05, 3.63) is 36.0 Å². The molecule has 1 saturated heterocycles. The molecule has 2 amide bonds. The molecule has 0 atom stereocenters. The number of nitrogens with one attached hydrogen (secondary N) is 1. The van der Waals surface area contributed by atoms with Gasteiger partial charge in [0.05, 0.1) is 0 Å². The predicted octanol–water partition coefficient (Wildman–Crippen LogP) is 2.08. The fourth-order valence-electron chi connectivity index (χ4n) is 3.20. The quantitative estimate of drug-likeness (QED) is 0.830. The SMILES string of the molecule is Cc1cc2ccccc2n1CC(=O)NCCCN1CCCC1=O. The minimum atomic E-state index is 0.0159. The van der Waals surface area contributed by atoms with E-state index in [1.165, 1.54) is 0 Å². The second kappa shape index (κ2) is 6.86. The number of aryl methyl sites for hydroxylation is 1. The average molecular weight is 313 g/mol. The molecule has 0 unspecified atom stereocenters. The number of amides is 2. The summed E-state index contributed by atoms with van der Waals surface area (Å²) in [6, 6.07) is 10.2. The lowest BCUT2D eigenvalue weighted by atomic mass is 10.2. The zero-order valence-electron chi connectivity index (χ0n) is 13.5. The fourth-order valence-corrected chi connectivity index (χ4v) is 3.20. The molecule has 0 radical (unpaired) electrons. The van der Waals surface area contributed by atoms with Crippen LogP contribution in [0.2, 0.25) is 0 Å². The van der Waals surface area contributed by atoms with Crippen LogP contribution in [0, 0.1) is 6.92 Å². The van der Waals surface area contributed by atoms with Gasteiger partial charge in [0.2, 0.25) is 11.8 Å². The van der Waals surface area contributed by atoms with Crippen molar-refractivity contribution in [3.63, 3.8) is 0 Å². The van der Waals surface area contributed by atoms with E-state index in [-0.39, 0.29) is 11.8 Å². The van der Waals surface area contributed by atoms with Gasteiger partial charge in [-0.25, -0.2) is 0 Å². The summed E-state index contributed by atoms with van der Waals surface area (Å²) in [6.07, 6.45) is 2.44. The zero-order valence-corrected chi connectivity index (χ0v) is 13.5. The zero-order chi connectivity index (χ0) is 16.2. The molecule has 5 heteroatoms. The van der Waals surface area contributed by atoms with E-state index in [1.54, 1.807) is 0 Å². The summed E-state index contributed by atoms with van der Waals surface area (Å²) < 4.78 is 2.04. The maximum atomic E-state index is 12.2. The molecule has 2 heterocycles. The molecule has 1 aromatic heterocycles. The number of fused-ring (bicyclic) bond motifs is 1. The fraction of sp³-hybridized carbons (Fsp3) is 0.444. The number of para-hydroxylation sites is 1. The number of nitrogens with zero attached hydrogens (tertiary/aromatic N) is 2. The van der Waals surface area contributed by atoms with Crippen LogP contribution in [0.3, 0.4) is 0 Å². The Morgan fingerprint density at radius 2 is 2.13 bits per heavy atom. The first kappa shape index (κ1) is 15.6. The van der Waals surface area contributed by atoms with E-state index in [9.17, 15) is 9.59 Å². The lowest BCUT2D eigenvalue weighted by Crippen LogP contribution is -2.32. The normalized spacial score (nSPS) is 14.7. The highest BCUT2D eigenvalue weighted by molar-refractivity contribution is 5.84. The number of carbonyl (C=O) groups excluding carboxylic acids is 2. The van der Waals surface area contributed by atoms with Crippen LogP contribution in [0.5, 0.6) is 0 Å². The Hall–Kier alpha value is -2.30. The second-order valence-corrected chi connectivity index (χ2v) is 6.12. The van der Waals surface area contributed by atoms with Crippen molar-refractivity contribution in [2.24, 2.45) is 0 Å². The van der Waals surface area contributed by atoms with E-state index < -0.39 is 0 Å². The van der Waals surface area contributed by atoms with Crippen LogP contribution in [-0.4, -0.2) is 40.9 Å². The Kier molecular flexibility index (Phi) is 4.65. The molecule has 1 aliphatic heterocycles. The number of likely N-dealkylation sites (tertiary alicyclic amines) is 1. The highest BCUT2D eigenvalue weighted by Crippen LogP contribution is 2.18. The number of carbonyl (C=O) groups is 2. The van der Waals surface area contributed by atoms with E-state index in [1.807, 2.05) is 34.6 Å². The molecule has 3 rings (SSSR count). The van der Waals surface area contributed by atoms with Crippen molar-refractivity contribution in [1.29, 1.82) is 0 Å². The number of aromatic nitrogens is 1. The molecule has 1 fully saturated rings. The van der Waals surface area contributed by atoms with Crippen molar-refractivity contribution in [1.82, 2.24) is 14.8 Å². The average Bonchev–Trinajstić information content (AvgIpc) is 3.08. The summed E-state index contributed by atoms with van der Waals surface area (Å²) in [4.78, 5) is 25.6. The van der Waals surface area contributed by atoms with Crippen LogP contribution in [-0.2, 0) is 16.1 Å². The first-order chi connectivity index (χ1) is 11.1.